The van der Waals surface area contributed by atoms with Crippen LogP contribution in [0.15, 0.2) is 0 Å². The van der Waals surface area contributed by atoms with Crippen molar-refractivity contribution in [1.29, 1.82) is 0 Å². The first-order chi connectivity index (χ1) is 9.84. The van der Waals surface area contributed by atoms with E-state index in [0.717, 1.165) is 78.2 Å². The van der Waals surface area contributed by atoms with Gasteiger partial charge in [-0.1, -0.05) is 0 Å². The Morgan fingerprint density at radius 2 is 2.05 bits per heavy atom. The van der Waals surface area contributed by atoms with E-state index in [-0.39, 0.29) is 0 Å². The summed E-state index contributed by atoms with van der Waals surface area (Å²) in [4.78, 5) is 16.8. The van der Waals surface area contributed by atoms with Crippen molar-refractivity contribution >= 4 is 5.91 Å². The fourth-order valence-corrected chi connectivity index (χ4v) is 3.83. The minimum Gasteiger partial charge on any atom is -0.379 e. The third-order valence-electron chi connectivity index (χ3n) is 4.99. The minimum absolute atomic E-state index is 0.384. The molecule has 3 saturated heterocycles. The van der Waals surface area contributed by atoms with E-state index >= 15 is 0 Å². The zero-order chi connectivity index (χ0) is 13.8. The van der Waals surface area contributed by atoms with E-state index in [2.05, 4.69) is 15.1 Å². The molecule has 1 amide bonds. The molecule has 1 N–H and O–H groups in total. The first-order valence-corrected chi connectivity index (χ1v) is 8.15. The predicted molar refractivity (Wildman–Crippen MR) is 77.6 cm³/mol. The zero-order valence-corrected chi connectivity index (χ0v) is 12.4. The Morgan fingerprint density at radius 3 is 2.90 bits per heavy atom. The largest absolute Gasteiger partial charge is 0.379 e. The molecule has 0 radical (unpaired) electrons. The van der Waals surface area contributed by atoms with E-state index in [9.17, 15) is 4.79 Å². The summed E-state index contributed by atoms with van der Waals surface area (Å²) in [6.45, 7) is 8.01. The maximum atomic E-state index is 12.2. The standard InChI is InChI=1S/C15H27N3O2/c19-15-3-2-13-12-16-5-4-14(13)18(15)7-1-6-17-8-10-20-11-9-17/h13-14,16H,1-12H2/t13-,14+/m1/s1. The Balaban J connectivity index is 1.47. The van der Waals surface area contributed by atoms with E-state index in [0.29, 0.717) is 17.9 Å². The summed E-state index contributed by atoms with van der Waals surface area (Å²) < 4.78 is 5.37. The molecule has 0 aromatic carbocycles. The van der Waals surface area contributed by atoms with Crippen molar-refractivity contribution in [3.05, 3.63) is 0 Å². The maximum absolute atomic E-state index is 12.2. The van der Waals surface area contributed by atoms with Crippen molar-refractivity contribution < 1.29 is 9.53 Å². The summed E-state index contributed by atoms with van der Waals surface area (Å²) in [6, 6.07) is 0.502. The number of nitrogens with one attached hydrogen (secondary N) is 1. The maximum Gasteiger partial charge on any atom is 0.222 e. The lowest BCUT2D eigenvalue weighted by Gasteiger charge is -2.44. The van der Waals surface area contributed by atoms with Gasteiger partial charge < -0.3 is 15.0 Å². The van der Waals surface area contributed by atoms with Crippen molar-refractivity contribution in [2.24, 2.45) is 5.92 Å². The second-order valence-electron chi connectivity index (χ2n) is 6.25. The fraction of sp³-hybridized carbons (Fsp3) is 0.933. The van der Waals surface area contributed by atoms with Crippen LogP contribution in [-0.4, -0.2) is 74.2 Å². The number of hydrogen-bond acceptors (Lipinski definition) is 4. The average Bonchev–Trinajstić information content (AvgIpc) is 2.50. The van der Waals surface area contributed by atoms with Gasteiger partial charge in [-0.15, -0.1) is 0 Å². The van der Waals surface area contributed by atoms with Crippen LogP contribution < -0.4 is 5.32 Å². The molecule has 3 fully saturated rings. The quantitative estimate of drug-likeness (QED) is 0.805. The monoisotopic (exact) mass is 281 g/mol. The first-order valence-electron chi connectivity index (χ1n) is 8.15. The number of likely N-dealkylation sites (tertiary alicyclic amines) is 1. The van der Waals surface area contributed by atoms with Crippen LogP contribution in [0.3, 0.4) is 0 Å². The number of ether oxygens (including phenoxy) is 1. The van der Waals surface area contributed by atoms with E-state index in [4.69, 9.17) is 4.74 Å². The Kier molecular flexibility index (Phi) is 4.91. The van der Waals surface area contributed by atoms with Gasteiger partial charge in [0.25, 0.3) is 0 Å². The molecule has 3 rings (SSSR count). The van der Waals surface area contributed by atoms with Crippen LogP contribution in [0, 0.1) is 5.92 Å². The fourth-order valence-electron chi connectivity index (χ4n) is 3.83. The smallest absolute Gasteiger partial charge is 0.222 e. The van der Waals surface area contributed by atoms with Crippen LogP contribution in [0.25, 0.3) is 0 Å². The predicted octanol–water partition coefficient (Wildman–Crippen LogP) is 0.309. The Morgan fingerprint density at radius 1 is 1.20 bits per heavy atom. The summed E-state index contributed by atoms with van der Waals surface area (Å²) in [5, 5.41) is 3.47. The number of hydrogen-bond donors (Lipinski definition) is 1. The molecule has 0 bridgehead atoms. The summed E-state index contributed by atoms with van der Waals surface area (Å²) in [5.41, 5.74) is 0. The van der Waals surface area contributed by atoms with Gasteiger partial charge in [0.2, 0.25) is 5.91 Å². The topological polar surface area (TPSA) is 44.8 Å². The third-order valence-corrected chi connectivity index (χ3v) is 4.99. The van der Waals surface area contributed by atoms with Crippen LogP contribution in [0.5, 0.6) is 0 Å². The highest BCUT2D eigenvalue weighted by Crippen LogP contribution is 2.28. The second kappa shape index (κ2) is 6.87. The van der Waals surface area contributed by atoms with Gasteiger partial charge in [-0.3, -0.25) is 9.69 Å². The van der Waals surface area contributed by atoms with Gasteiger partial charge in [-0.05, 0) is 38.3 Å². The van der Waals surface area contributed by atoms with Crippen LogP contribution in [0.2, 0.25) is 0 Å². The molecule has 5 nitrogen and oxygen atoms in total. The number of amides is 1. The summed E-state index contributed by atoms with van der Waals surface area (Å²) in [5.74, 6) is 1.07. The highest BCUT2D eigenvalue weighted by atomic mass is 16.5. The number of fused-ring (bicyclic) bond motifs is 1. The Bertz CT molecular complexity index is 331. The molecular formula is C15H27N3O2. The molecule has 0 aliphatic carbocycles. The van der Waals surface area contributed by atoms with Gasteiger partial charge in [-0.25, -0.2) is 0 Å². The van der Waals surface area contributed by atoms with Gasteiger partial charge >= 0.3 is 0 Å². The normalized spacial score (nSPS) is 32.2. The van der Waals surface area contributed by atoms with Crippen molar-refractivity contribution in [1.82, 2.24) is 15.1 Å². The molecule has 0 aromatic heterocycles. The van der Waals surface area contributed by atoms with E-state index in [1.54, 1.807) is 0 Å². The summed E-state index contributed by atoms with van der Waals surface area (Å²) in [7, 11) is 0. The van der Waals surface area contributed by atoms with Crippen molar-refractivity contribution in [2.45, 2.75) is 31.7 Å². The molecular weight excluding hydrogens is 254 g/mol. The van der Waals surface area contributed by atoms with Crippen molar-refractivity contribution in [2.75, 3.05) is 52.5 Å². The zero-order valence-electron chi connectivity index (χ0n) is 12.4. The van der Waals surface area contributed by atoms with Crippen LogP contribution >= 0.6 is 0 Å². The number of carbonyl (C=O) groups excluding carboxylic acids is 1. The lowest BCUT2D eigenvalue weighted by atomic mass is 9.84. The van der Waals surface area contributed by atoms with Gasteiger partial charge in [0.1, 0.15) is 0 Å². The van der Waals surface area contributed by atoms with Crippen molar-refractivity contribution in [3.8, 4) is 0 Å². The molecule has 3 aliphatic heterocycles. The van der Waals surface area contributed by atoms with Gasteiger partial charge in [0.15, 0.2) is 0 Å². The third kappa shape index (κ3) is 3.32. The number of carbonyl (C=O) groups is 1. The molecule has 0 unspecified atom stereocenters. The second-order valence-corrected chi connectivity index (χ2v) is 6.25. The molecule has 0 aromatic rings. The Labute approximate surface area is 121 Å². The molecule has 0 saturated carbocycles. The number of nitrogens with zero attached hydrogens (tertiary/aromatic N) is 2. The lowest BCUT2D eigenvalue weighted by molar-refractivity contribution is -0.139. The molecule has 5 heteroatoms. The lowest BCUT2D eigenvalue weighted by Crippen LogP contribution is -2.55. The molecule has 20 heavy (non-hydrogen) atoms. The average molecular weight is 281 g/mol. The van der Waals surface area contributed by atoms with E-state index in [1.165, 1.54) is 0 Å². The molecule has 0 spiro atoms. The van der Waals surface area contributed by atoms with Crippen LogP contribution in [0.1, 0.15) is 25.7 Å². The van der Waals surface area contributed by atoms with Crippen LogP contribution in [-0.2, 0) is 9.53 Å². The highest BCUT2D eigenvalue weighted by Gasteiger charge is 2.36. The molecule has 114 valence electrons. The SMILES string of the molecule is O=C1CC[C@@H]2CNCC[C@@H]2N1CCCN1CCOCC1. The van der Waals surface area contributed by atoms with E-state index in [1.807, 2.05) is 0 Å². The number of rotatable bonds is 4. The van der Waals surface area contributed by atoms with Gasteiger partial charge in [0.05, 0.1) is 13.2 Å². The van der Waals surface area contributed by atoms with Gasteiger partial charge in [-0.2, -0.15) is 0 Å². The number of piperidine rings is 2. The van der Waals surface area contributed by atoms with Crippen LogP contribution in [0.4, 0.5) is 0 Å². The number of morpholine rings is 1. The molecule has 3 aliphatic rings. The summed E-state index contributed by atoms with van der Waals surface area (Å²) >= 11 is 0. The summed E-state index contributed by atoms with van der Waals surface area (Å²) in [6.07, 6.45) is 4.06. The van der Waals surface area contributed by atoms with E-state index < -0.39 is 0 Å². The first kappa shape index (κ1) is 14.3. The molecule has 2 atom stereocenters. The van der Waals surface area contributed by atoms with Gasteiger partial charge in [0, 0.05) is 38.6 Å². The highest BCUT2D eigenvalue weighted by molar-refractivity contribution is 5.77. The minimum atomic E-state index is 0.384. The van der Waals surface area contributed by atoms with Crippen molar-refractivity contribution in [3.63, 3.8) is 0 Å². The molecule has 3 heterocycles. The Hall–Kier alpha value is -0.650.